The molecule has 4 heteroatoms. The topological polar surface area (TPSA) is 32.7 Å². The number of carbonyl (C=O) groups is 1. The molecular weight excluding hydrogens is 380 g/mol. The van der Waals surface area contributed by atoms with Crippen LogP contribution in [-0.2, 0) is 6.42 Å². The van der Waals surface area contributed by atoms with Gasteiger partial charge in [0, 0.05) is 29.3 Å². The van der Waals surface area contributed by atoms with Crippen molar-refractivity contribution in [3.8, 4) is 0 Å². The van der Waals surface area contributed by atoms with Gasteiger partial charge in [-0.2, -0.15) is 0 Å². The molecule has 2 aromatic carbocycles. The number of nitrogens with zero attached hydrogens (tertiary/aromatic N) is 2. The van der Waals surface area contributed by atoms with E-state index in [1.54, 1.807) is 0 Å². The number of aryl methyl sites for hydroxylation is 1. The van der Waals surface area contributed by atoms with Gasteiger partial charge in [-0.1, -0.05) is 30.7 Å². The highest BCUT2D eigenvalue weighted by atomic mass is 35.5. The van der Waals surface area contributed by atoms with Gasteiger partial charge >= 0.3 is 0 Å². The average molecular weight is 405 g/mol. The third kappa shape index (κ3) is 2.56. The Labute approximate surface area is 176 Å². The first-order valence-electron chi connectivity index (χ1n) is 10.8. The monoisotopic (exact) mass is 404 g/mol. The molecule has 0 N–H and O–H groups in total. The summed E-state index contributed by atoms with van der Waals surface area (Å²) in [6.45, 7) is 2.32. The molecule has 3 nitrogen and oxygen atoms in total. The van der Waals surface area contributed by atoms with E-state index >= 15 is 0 Å². The van der Waals surface area contributed by atoms with Crippen molar-refractivity contribution in [2.45, 2.75) is 50.5 Å². The van der Waals surface area contributed by atoms with Crippen LogP contribution in [0.15, 0.2) is 41.4 Å². The Balaban J connectivity index is 1.53. The van der Waals surface area contributed by atoms with Crippen molar-refractivity contribution in [3.63, 3.8) is 0 Å². The maximum Gasteiger partial charge on any atom is 0.254 e. The zero-order chi connectivity index (χ0) is 19.9. The van der Waals surface area contributed by atoms with Crippen molar-refractivity contribution in [3.05, 3.63) is 63.7 Å². The second-order valence-electron chi connectivity index (χ2n) is 9.36. The van der Waals surface area contributed by atoms with Gasteiger partial charge in [-0.3, -0.25) is 9.79 Å². The summed E-state index contributed by atoms with van der Waals surface area (Å²) in [5.41, 5.74) is 7.16. The van der Waals surface area contributed by atoms with Crippen LogP contribution in [0.4, 0.5) is 5.69 Å². The molecule has 2 fully saturated rings. The van der Waals surface area contributed by atoms with Crippen LogP contribution in [0.1, 0.15) is 65.1 Å². The molecule has 2 aliphatic carbocycles. The van der Waals surface area contributed by atoms with Crippen LogP contribution in [0.3, 0.4) is 0 Å². The van der Waals surface area contributed by atoms with E-state index in [0.29, 0.717) is 17.8 Å². The number of carbonyl (C=O) groups excluding carboxylic acids is 1. The minimum absolute atomic E-state index is 0.0935. The van der Waals surface area contributed by atoms with E-state index in [2.05, 4.69) is 25.1 Å². The van der Waals surface area contributed by atoms with E-state index in [4.69, 9.17) is 16.6 Å². The van der Waals surface area contributed by atoms with Crippen LogP contribution in [0.25, 0.3) is 0 Å². The lowest BCUT2D eigenvalue weighted by molar-refractivity contribution is 0.0776. The summed E-state index contributed by atoms with van der Waals surface area (Å²) in [4.78, 5) is 20.5. The Morgan fingerprint density at radius 3 is 2.72 bits per heavy atom. The average Bonchev–Trinajstić information content (AvgIpc) is 3.40. The minimum atomic E-state index is 0.0935. The van der Waals surface area contributed by atoms with Gasteiger partial charge in [0.15, 0.2) is 0 Å². The number of amides is 1. The van der Waals surface area contributed by atoms with E-state index in [0.717, 1.165) is 41.5 Å². The highest BCUT2D eigenvalue weighted by molar-refractivity contribution is 6.30. The van der Waals surface area contributed by atoms with E-state index in [-0.39, 0.29) is 11.9 Å². The second-order valence-corrected chi connectivity index (χ2v) is 9.79. The normalized spacial score (nSPS) is 32.0. The molecule has 2 aliphatic heterocycles. The van der Waals surface area contributed by atoms with Crippen LogP contribution >= 0.6 is 11.6 Å². The van der Waals surface area contributed by atoms with Crippen LogP contribution in [0.2, 0.25) is 5.02 Å². The van der Waals surface area contributed by atoms with Gasteiger partial charge in [0.05, 0.1) is 11.7 Å². The number of halogens is 1. The predicted molar refractivity (Wildman–Crippen MR) is 117 cm³/mol. The lowest BCUT2D eigenvalue weighted by atomic mass is 9.79. The Hall–Kier alpha value is -2.13. The molecule has 1 amide bonds. The Morgan fingerprint density at radius 2 is 1.93 bits per heavy atom. The summed E-state index contributed by atoms with van der Waals surface area (Å²) >= 11 is 6.26. The molecule has 0 saturated heterocycles. The summed E-state index contributed by atoms with van der Waals surface area (Å²) < 4.78 is 0. The van der Waals surface area contributed by atoms with Crippen molar-refractivity contribution >= 4 is 28.9 Å². The fourth-order valence-corrected chi connectivity index (χ4v) is 6.26. The van der Waals surface area contributed by atoms with Gasteiger partial charge in [-0.25, -0.2) is 0 Å². The second kappa shape index (κ2) is 6.18. The first-order chi connectivity index (χ1) is 14.0. The number of hydrogen-bond acceptors (Lipinski definition) is 2. The molecule has 0 aromatic heterocycles. The molecule has 6 rings (SSSR count). The largest absolute Gasteiger partial charge is 0.333 e. The van der Waals surface area contributed by atoms with Crippen molar-refractivity contribution in [1.29, 1.82) is 0 Å². The maximum atomic E-state index is 13.4. The number of fused-ring (bicyclic) bond motifs is 8. The van der Waals surface area contributed by atoms with Crippen molar-refractivity contribution in [2.24, 2.45) is 16.8 Å². The highest BCUT2D eigenvalue weighted by Crippen LogP contribution is 2.55. The zero-order valence-electron chi connectivity index (χ0n) is 16.9. The van der Waals surface area contributed by atoms with Crippen LogP contribution in [0.5, 0.6) is 0 Å². The molecule has 2 heterocycles. The quantitative estimate of drug-likeness (QED) is 0.596. The number of hydrogen-bond donors (Lipinski definition) is 0. The van der Waals surface area contributed by atoms with E-state index < -0.39 is 0 Å². The van der Waals surface area contributed by atoms with Gasteiger partial charge in [0.2, 0.25) is 0 Å². The summed E-state index contributed by atoms with van der Waals surface area (Å²) in [5, 5.41) is 0.774. The molecule has 2 aromatic rings. The summed E-state index contributed by atoms with van der Waals surface area (Å²) in [6.07, 6.45) is 4.31. The Kier molecular flexibility index (Phi) is 3.78. The molecule has 2 bridgehead atoms. The third-order valence-corrected chi connectivity index (χ3v) is 7.97. The van der Waals surface area contributed by atoms with E-state index in [9.17, 15) is 4.79 Å². The molecular formula is C25H25ClN2O. The standard InChI is InChI=1S/C25H25ClN2O/c1-13-10-19(13)16-4-3-5-18-23(16)20-12-22(28(2)25(18)29)24-17(20)8-6-14-11-15(26)7-9-21(14)27-24/h3-5,7,9,11,13,17,19-20,22H,6,8,10,12H2,1-2H3/t13-,17?,19-,20+,22-/m1/s1. The lowest BCUT2D eigenvalue weighted by Gasteiger charge is -2.29. The Morgan fingerprint density at radius 1 is 1.10 bits per heavy atom. The zero-order valence-corrected chi connectivity index (χ0v) is 17.6. The van der Waals surface area contributed by atoms with Gasteiger partial charge in [0.1, 0.15) is 0 Å². The molecule has 4 aliphatic rings. The maximum absolute atomic E-state index is 13.4. The van der Waals surface area contributed by atoms with Crippen LogP contribution in [-0.4, -0.2) is 29.6 Å². The Bertz CT molecular complexity index is 1070. The first kappa shape index (κ1) is 17.7. The molecule has 2 saturated carbocycles. The molecule has 1 unspecified atom stereocenters. The summed E-state index contributed by atoms with van der Waals surface area (Å²) in [6, 6.07) is 12.5. The summed E-state index contributed by atoms with van der Waals surface area (Å²) in [7, 11) is 1.96. The molecule has 5 atom stereocenters. The van der Waals surface area contributed by atoms with E-state index in [1.165, 1.54) is 28.8 Å². The smallest absolute Gasteiger partial charge is 0.254 e. The molecule has 0 radical (unpaired) electrons. The number of aliphatic imine (C=N–C) groups is 1. The van der Waals surface area contributed by atoms with Gasteiger partial charge in [0.25, 0.3) is 5.91 Å². The molecule has 148 valence electrons. The minimum Gasteiger partial charge on any atom is -0.333 e. The highest BCUT2D eigenvalue weighted by Gasteiger charge is 2.50. The van der Waals surface area contributed by atoms with Crippen molar-refractivity contribution < 1.29 is 4.79 Å². The third-order valence-electron chi connectivity index (χ3n) is 7.74. The summed E-state index contributed by atoms with van der Waals surface area (Å²) in [5.74, 6) is 2.28. The van der Waals surface area contributed by atoms with Gasteiger partial charge < -0.3 is 4.90 Å². The SMILES string of the molecule is C[C@@H]1C[C@H]1c1cccc2c1[C@H]1C[C@H](C3=Nc4ccc(Cl)cc4CCC31)N(C)C2=O. The van der Waals surface area contributed by atoms with Crippen molar-refractivity contribution in [2.75, 3.05) is 7.05 Å². The van der Waals surface area contributed by atoms with E-state index in [1.807, 2.05) is 30.1 Å². The van der Waals surface area contributed by atoms with Crippen molar-refractivity contribution in [1.82, 2.24) is 4.90 Å². The number of rotatable bonds is 1. The number of benzene rings is 2. The van der Waals surface area contributed by atoms with Crippen LogP contribution in [0, 0.1) is 11.8 Å². The fraction of sp³-hybridized carbons (Fsp3) is 0.440. The van der Waals surface area contributed by atoms with Crippen LogP contribution < -0.4 is 0 Å². The molecule has 29 heavy (non-hydrogen) atoms. The molecule has 0 spiro atoms. The first-order valence-corrected chi connectivity index (χ1v) is 11.2. The lowest BCUT2D eigenvalue weighted by Crippen LogP contribution is -2.41. The van der Waals surface area contributed by atoms with Gasteiger partial charge in [-0.05, 0) is 84.4 Å². The predicted octanol–water partition coefficient (Wildman–Crippen LogP) is 5.74. The van der Waals surface area contributed by atoms with Gasteiger partial charge in [-0.15, -0.1) is 0 Å². The fourth-order valence-electron chi connectivity index (χ4n) is 6.07.